The van der Waals surface area contributed by atoms with Crippen molar-refractivity contribution in [2.45, 2.75) is 38.6 Å². The van der Waals surface area contributed by atoms with Crippen LogP contribution in [0, 0.1) is 0 Å². The number of hydrogen-bond acceptors (Lipinski definition) is 5. The quantitative estimate of drug-likeness (QED) is 0.686. The van der Waals surface area contributed by atoms with Crippen LogP contribution in [-0.2, 0) is 14.8 Å². The summed E-state index contributed by atoms with van der Waals surface area (Å²) in [5, 5.41) is 2.96. The molecule has 0 atom stereocenters. The highest BCUT2D eigenvalue weighted by Crippen LogP contribution is 2.14. The van der Waals surface area contributed by atoms with Crippen LogP contribution in [-0.4, -0.2) is 57.3 Å². The second-order valence-corrected chi connectivity index (χ2v) is 8.40. The van der Waals surface area contributed by atoms with Gasteiger partial charge >= 0.3 is 6.09 Å². The summed E-state index contributed by atoms with van der Waals surface area (Å²) in [7, 11) is -3.35. The fourth-order valence-electron chi connectivity index (χ4n) is 2.77. The van der Waals surface area contributed by atoms with Crippen molar-refractivity contribution in [1.29, 1.82) is 0 Å². The number of nitrogens with zero attached hydrogens (tertiary/aromatic N) is 1. The summed E-state index contributed by atoms with van der Waals surface area (Å²) < 4.78 is 30.0. The van der Waals surface area contributed by atoms with E-state index in [-0.39, 0.29) is 18.0 Å². The van der Waals surface area contributed by atoms with Crippen molar-refractivity contribution in [3.05, 3.63) is 29.8 Å². The predicted molar refractivity (Wildman–Crippen MR) is 103 cm³/mol. The topological polar surface area (TPSA) is 105 Å². The summed E-state index contributed by atoms with van der Waals surface area (Å²) in [6.07, 6.45) is 3.95. The van der Waals surface area contributed by atoms with Gasteiger partial charge in [-0.15, -0.1) is 0 Å². The minimum absolute atomic E-state index is 0.00832. The van der Waals surface area contributed by atoms with E-state index in [1.807, 2.05) is 6.92 Å². The van der Waals surface area contributed by atoms with Crippen molar-refractivity contribution in [1.82, 2.24) is 10.2 Å². The number of nitrogens with one attached hydrogen (secondary N) is 2. The predicted octanol–water partition coefficient (Wildman–Crippen LogP) is 2.19. The molecular formula is C18H27N3O5S. The number of piperidine rings is 1. The van der Waals surface area contributed by atoms with Gasteiger partial charge in [0.2, 0.25) is 10.0 Å². The monoisotopic (exact) mass is 397 g/mol. The molecule has 2 amide bonds. The van der Waals surface area contributed by atoms with Gasteiger partial charge in [-0.25, -0.2) is 13.2 Å². The Kier molecular flexibility index (Phi) is 7.46. The van der Waals surface area contributed by atoms with Crippen LogP contribution in [0.25, 0.3) is 0 Å². The number of sulfonamides is 1. The maximum Gasteiger partial charge on any atom is 0.409 e. The molecule has 2 N–H and O–H groups in total. The second-order valence-electron chi connectivity index (χ2n) is 6.65. The van der Waals surface area contributed by atoms with Crippen molar-refractivity contribution in [2.75, 3.05) is 30.7 Å². The third-order valence-corrected chi connectivity index (χ3v) is 4.87. The van der Waals surface area contributed by atoms with E-state index in [0.29, 0.717) is 43.8 Å². The third-order valence-electron chi connectivity index (χ3n) is 4.26. The molecule has 2 rings (SSSR count). The van der Waals surface area contributed by atoms with Crippen LogP contribution in [0.3, 0.4) is 0 Å². The van der Waals surface area contributed by atoms with E-state index in [9.17, 15) is 18.0 Å². The van der Waals surface area contributed by atoms with Gasteiger partial charge in [-0.05, 0) is 43.5 Å². The smallest absolute Gasteiger partial charge is 0.409 e. The molecule has 1 aliphatic rings. The molecule has 1 aliphatic heterocycles. The van der Waals surface area contributed by atoms with E-state index in [2.05, 4.69) is 10.0 Å². The molecule has 0 aliphatic carbocycles. The van der Waals surface area contributed by atoms with Gasteiger partial charge in [-0.2, -0.15) is 0 Å². The average molecular weight is 397 g/mol. The molecule has 0 bridgehead atoms. The maximum absolute atomic E-state index is 12.3. The fourth-order valence-corrected chi connectivity index (χ4v) is 3.34. The number of benzene rings is 1. The van der Waals surface area contributed by atoms with Gasteiger partial charge in [0.15, 0.2) is 0 Å². The van der Waals surface area contributed by atoms with Gasteiger partial charge in [-0.1, -0.05) is 13.3 Å². The van der Waals surface area contributed by atoms with Crippen LogP contribution < -0.4 is 10.0 Å². The van der Waals surface area contributed by atoms with Gasteiger partial charge in [0, 0.05) is 30.4 Å². The normalized spacial score (nSPS) is 15.3. The molecule has 1 saturated heterocycles. The standard InChI is InChI=1S/C18H27N3O5S/c1-3-4-13-26-18(23)21-11-9-15(10-12-21)19-17(22)14-5-7-16(8-6-14)20-27(2,24)25/h5-8,15,20H,3-4,9-13H2,1-2H3,(H,19,22). The van der Waals surface area contributed by atoms with Crippen LogP contribution >= 0.6 is 0 Å². The fraction of sp³-hybridized carbons (Fsp3) is 0.556. The van der Waals surface area contributed by atoms with Gasteiger partial charge in [0.05, 0.1) is 12.9 Å². The molecule has 150 valence electrons. The first kappa shape index (κ1) is 21.0. The Labute approximate surface area is 160 Å². The summed E-state index contributed by atoms with van der Waals surface area (Å²) in [4.78, 5) is 25.9. The lowest BCUT2D eigenvalue weighted by Gasteiger charge is -2.31. The summed E-state index contributed by atoms with van der Waals surface area (Å²) in [6.45, 7) is 3.58. The highest BCUT2D eigenvalue weighted by Gasteiger charge is 2.25. The Bertz CT molecular complexity index is 741. The minimum atomic E-state index is -3.35. The molecule has 0 aromatic heterocycles. The van der Waals surface area contributed by atoms with Crippen molar-refractivity contribution in [3.63, 3.8) is 0 Å². The Balaban J connectivity index is 1.79. The zero-order chi connectivity index (χ0) is 19.9. The molecule has 0 spiro atoms. The van der Waals surface area contributed by atoms with E-state index in [1.165, 1.54) is 0 Å². The number of anilines is 1. The number of rotatable bonds is 7. The molecule has 1 heterocycles. The van der Waals surface area contributed by atoms with Crippen molar-refractivity contribution >= 4 is 27.7 Å². The van der Waals surface area contributed by atoms with Crippen LogP contribution in [0.1, 0.15) is 43.0 Å². The molecule has 1 fully saturated rings. The summed E-state index contributed by atoms with van der Waals surface area (Å²) >= 11 is 0. The maximum atomic E-state index is 12.3. The number of carbonyl (C=O) groups is 2. The Morgan fingerprint density at radius 3 is 2.37 bits per heavy atom. The molecular weight excluding hydrogens is 370 g/mol. The largest absolute Gasteiger partial charge is 0.449 e. The third kappa shape index (κ3) is 7.09. The Morgan fingerprint density at radius 1 is 1.19 bits per heavy atom. The SMILES string of the molecule is CCCCOC(=O)N1CCC(NC(=O)c2ccc(NS(C)(=O)=O)cc2)CC1. The lowest BCUT2D eigenvalue weighted by molar-refractivity contribution is 0.0836. The van der Waals surface area contributed by atoms with E-state index in [4.69, 9.17) is 4.74 Å². The average Bonchev–Trinajstić information content (AvgIpc) is 2.61. The van der Waals surface area contributed by atoms with Gasteiger partial charge in [0.25, 0.3) is 5.91 Å². The summed E-state index contributed by atoms with van der Waals surface area (Å²) in [5.41, 5.74) is 0.861. The number of unbranched alkanes of at least 4 members (excludes halogenated alkanes) is 1. The molecule has 0 saturated carbocycles. The molecule has 9 heteroatoms. The Morgan fingerprint density at radius 2 is 1.81 bits per heavy atom. The van der Waals surface area contributed by atoms with Crippen molar-refractivity contribution in [3.8, 4) is 0 Å². The first-order chi connectivity index (χ1) is 12.8. The Hall–Kier alpha value is -2.29. The van der Waals surface area contributed by atoms with Crippen molar-refractivity contribution < 1.29 is 22.7 Å². The zero-order valence-electron chi connectivity index (χ0n) is 15.7. The summed E-state index contributed by atoms with van der Waals surface area (Å²) in [6, 6.07) is 6.23. The lowest BCUT2D eigenvalue weighted by Crippen LogP contribution is -2.46. The number of carbonyl (C=O) groups excluding carboxylic acids is 2. The van der Waals surface area contributed by atoms with E-state index >= 15 is 0 Å². The lowest BCUT2D eigenvalue weighted by atomic mass is 10.0. The molecule has 1 aromatic carbocycles. The van der Waals surface area contributed by atoms with Crippen LogP contribution in [0.4, 0.5) is 10.5 Å². The molecule has 1 aromatic rings. The molecule has 27 heavy (non-hydrogen) atoms. The first-order valence-electron chi connectivity index (χ1n) is 9.09. The van der Waals surface area contributed by atoms with Gasteiger partial charge < -0.3 is 15.0 Å². The van der Waals surface area contributed by atoms with Crippen LogP contribution in [0.2, 0.25) is 0 Å². The van der Waals surface area contributed by atoms with Gasteiger partial charge in [0.1, 0.15) is 0 Å². The number of ether oxygens (including phenoxy) is 1. The number of hydrogen-bond donors (Lipinski definition) is 2. The number of amides is 2. The minimum Gasteiger partial charge on any atom is -0.449 e. The highest BCUT2D eigenvalue weighted by atomic mass is 32.2. The highest BCUT2D eigenvalue weighted by molar-refractivity contribution is 7.92. The second kappa shape index (κ2) is 9.59. The van der Waals surface area contributed by atoms with Crippen LogP contribution in [0.15, 0.2) is 24.3 Å². The van der Waals surface area contributed by atoms with E-state index in [1.54, 1.807) is 29.2 Å². The van der Waals surface area contributed by atoms with E-state index in [0.717, 1.165) is 19.1 Å². The summed E-state index contributed by atoms with van der Waals surface area (Å²) in [5.74, 6) is -0.218. The van der Waals surface area contributed by atoms with E-state index < -0.39 is 10.0 Å². The number of likely N-dealkylation sites (tertiary alicyclic amines) is 1. The van der Waals surface area contributed by atoms with Crippen molar-refractivity contribution in [2.24, 2.45) is 0 Å². The first-order valence-corrected chi connectivity index (χ1v) is 11.0. The van der Waals surface area contributed by atoms with Crippen LogP contribution in [0.5, 0.6) is 0 Å². The van der Waals surface area contributed by atoms with Gasteiger partial charge in [-0.3, -0.25) is 9.52 Å². The molecule has 0 unspecified atom stereocenters. The molecule has 0 radical (unpaired) electrons. The molecule has 8 nitrogen and oxygen atoms in total. The zero-order valence-corrected chi connectivity index (χ0v) is 16.5.